The Balaban J connectivity index is 1.51. The highest BCUT2D eigenvalue weighted by Crippen LogP contribution is 2.40. The standard InChI is InChI=1S/C38H44N4/c1-23(2)29-16-12-17-30(24(3)4)36(29)40-34-19-25(5)20-35-37(34)41-38(42(35)7)32-22-28(21-27-14-9-10-15-31(27)32)39-33-18-11-8-13-26(33)6/h8,11-13,16-24,39-40H,9-10,14-15H2,1-7H3. The summed E-state index contributed by atoms with van der Waals surface area (Å²) in [5.74, 6) is 1.87. The van der Waals surface area contributed by atoms with Gasteiger partial charge in [-0.2, -0.15) is 0 Å². The molecule has 1 heterocycles. The Morgan fingerprint density at radius 3 is 2.19 bits per heavy atom. The van der Waals surface area contributed by atoms with Crippen LogP contribution < -0.4 is 10.6 Å². The molecule has 0 atom stereocenters. The third kappa shape index (κ3) is 5.19. The topological polar surface area (TPSA) is 41.9 Å². The number of nitrogens with one attached hydrogen (secondary N) is 2. The molecule has 1 aromatic heterocycles. The second-order valence-corrected chi connectivity index (χ2v) is 12.7. The first-order valence-electron chi connectivity index (χ1n) is 15.6. The van der Waals surface area contributed by atoms with Crippen molar-refractivity contribution < 1.29 is 0 Å². The summed E-state index contributed by atoms with van der Waals surface area (Å²) < 4.78 is 2.30. The Kier molecular flexibility index (Phi) is 7.57. The van der Waals surface area contributed by atoms with Gasteiger partial charge in [-0.3, -0.25) is 0 Å². The van der Waals surface area contributed by atoms with Gasteiger partial charge in [0.1, 0.15) is 11.3 Å². The van der Waals surface area contributed by atoms with E-state index in [1.165, 1.54) is 57.5 Å². The number of rotatable bonds is 7. The average molecular weight is 557 g/mol. The molecule has 42 heavy (non-hydrogen) atoms. The van der Waals surface area contributed by atoms with Crippen LogP contribution in [0.3, 0.4) is 0 Å². The molecule has 5 aromatic rings. The van der Waals surface area contributed by atoms with Crippen molar-refractivity contribution in [1.29, 1.82) is 0 Å². The summed E-state index contributed by atoms with van der Waals surface area (Å²) in [6.45, 7) is 13.4. The number of nitrogens with zero attached hydrogens (tertiary/aromatic N) is 2. The minimum absolute atomic E-state index is 0.417. The Bertz CT molecular complexity index is 1750. The Hall–Kier alpha value is -4.05. The molecule has 0 saturated carbocycles. The fourth-order valence-corrected chi connectivity index (χ4v) is 6.60. The molecule has 0 unspecified atom stereocenters. The maximum Gasteiger partial charge on any atom is 0.141 e. The first-order valence-corrected chi connectivity index (χ1v) is 15.6. The first-order chi connectivity index (χ1) is 20.2. The monoisotopic (exact) mass is 556 g/mol. The lowest BCUT2D eigenvalue weighted by molar-refractivity contribution is 0.686. The highest BCUT2D eigenvalue weighted by Gasteiger charge is 2.22. The van der Waals surface area contributed by atoms with Gasteiger partial charge in [0.05, 0.1) is 11.2 Å². The van der Waals surface area contributed by atoms with Crippen LogP contribution in [0.25, 0.3) is 22.4 Å². The van der Waals surface area contributed by atoms with Gasteiger partial charge in [-0.25, -0.2) is 4.98 Å². The van der Waals surface area contributed by atoms with Crippen molar-refractivity contribution in [3.05, 3.63) is 100 Å². The van der Waals surface area contributed by atoms with E-state index in [-0.39, 0.29) is 0 Å². The fourth-order valence-electron chi connectivity index (χ4n) is 6.60. The van der Waals surface area contributed by atoms with Crippen molar-refractivity contribution in [2.45, 2.75) is 79.1 Å². The highest BCUT2D eigenvalue weighted by atomic mass is 15.1. The SMILES string of the molecule is Cc1cc(Nc2c(C(C)C)cccc2C(C)C)c2nc(-c3cc(Nc4ccccc4C)cc4c3CCCC4)n(C)c2c1. The molecule has 6 rings (SSSR count). The number of aromatic nitrogens is 2. The molecule has 0 aliphatic heterocycles. The number of para-hydroxylation sites is 2. The molecule has 0 amide bonds. The van der Waals surface area contributed by atoms with Crippen molar-refractivity contribution >= 4 is 33.8 Å². The minimum atomic E-state index is 0.417. The van der Waals surface area contributed by atoms with Gasteiger partial charge < -0.3 is 15.2 Å². The molecule has 0 radical (unpaired) electrons. The van der Waals surface area contributed by atoms with Crippen molar-refractivity contribution in [3.63, 3.8) is 0 Å². The van der Waals surface area contributed by atoms with E-state index in [2.05, 4.69) is 131 Å². The van der Waals surface area contributed by atoms with Gasteiger partial charge in [0, 0.05) is 29.7 Å². The molecule has 1 aliphatic carbocycles. The lowest BCUT2D eigenvalue weighted by atomic mass is 9.87. The van der Waals surface area contributed by atoms with Crippen LogP contribution in [0.5, 0.6) is 0 Å². The van der Waals surface area contributed by atoms with Crippen molar-refractivity contribution in [2.75, 3.05) is 10.6 Å². The van der Waals surface area contributed by atoms with Gasteiger partial charge in [-0.1, -0.05) is 64.1 Å². The molecule has 0 saturated heterocycles. The number of benzene rings is 4. The normalized spacial score (nSPS) is 13.2. The van der Waals surface area contributed by atoms with Gasteiger partial charge in [-0.15, -0.1) is 0 Å². The lowest BCUT2D eigenvalue weighted by Gasteiger charge is -2.22. The number of aryl methyl sites for hydroxylation is 4. The molecule has 0 fully saturated rings. The van der Waals surface area contributed by atoms with Gasteiger partial charge >= 0.3 is 0 Å². The first kappa shape index (κ1) is 28.1. The van der Waals surface area contributed by atoms with Crippen LogP contribution in [0.1, 0.15) is 85.8 Å². The second-order valence-electron chi connectivity index (χ2n) is 12.7. The Labute approximate surface area is 251 Å². The summed E-state index contributed by atoms with van der Waals surface area (Å²) in [6, 6.07) is 24.4. The maximum absolute atomic E-state index is 5.42. The van der Waals surface area contributed by atoms with Crippen molar-refractivity contribution in [3.8, 4) is 11.4 Å². The fraction of sp³-hybridized carbons (Fsp3) is 0.342. The van der Waals surface area contributed by atoms with Crippen LogP contribution in [0.2, 0.25) is 0 Å². The molecule has 1 aliphatic rings. The minimum Gasteiger partial charge on any atom is -0.355 e. The maximum atomic E-state index is 5.42. The second kappa shape index (κ2) is 11.3. The summed E-state index contributed by atoms with van der Waals surface area (Å²) in [5, 5.41) is 7.63. The Morgan fingerprint density at radius 1 is 0.762 bits per heavy atom. The summed E-state index contributed by atoms with van der Waals surface area (Å²) in [7, 11) is 2.17. The average Bonchev–Trinajstić information content (AvgIpc) is 3.29. The lowest BCUT2D eigenvalue weighted by Crippen LogP contribution is -2.08. The zero-order valence-electron chi connectivity index (χ0n) is 26.2. The van der Waals surface area contributed by atoms with Gasteiger partial charge in [0.25, 0.3) is 0 Å². The van der Waals surface area contributed by atoms with Gasteiger partial charge in [0.2, 0.25) is 0 Å². The van der Waals surface area contributed by atoms with E-state index in [0.29, 0.717) is 11.8 Å². The highest BCUT2D eigenvalue weighted by molar-refractivity contribution is 5.95. The molecule has 2 N–H and O–H groups in total. The van der Waals surface area contributed by atoms with E-state index in [9.17, 15) is 0 Å². The predicted molar refractivity (Wildman–Crippen MR) is 180 cm³/mol. The van der Waals surface area contributed by atoms with E-state index in [1.807, 2.05) is 0 Å². The number of fused-ring (bicyclic) bond motifs is 2. The molecule has 0 bridgehead atoms. The molecule has 4 nitrogen and oxygen atoms in total. The zero-order chi connectivity index (χ0) is 29.5. The molecule has 4 aromatic carbocycles. The third-order valence-corrected chi connectivity index (χ3v) is 8.89. The summed E-state index contributed by atoms with van der Waals surface area (Å²) in [5.41, 5.74) is 16.1. The van der Waals surface area contributed by atoms with E-state index in [4.69, 9.17) is 4.98 Å². The summed E-state index contributed by atoms with van der Waals surface area (Å²) in [6.07, 6.45) is 4.68. The van der Waals surface area contributed by atoms with Crippen LogP contribution in [0.15, 0.2) is 66.7 Å². The van der Waals surface area contributed by atoms with Crippen LogP contribution in [0.4, 0.5) is 22.7 Å². The smallest absolute Gasteiger partial charge is 0.141 e. The number of hydrogen-bond acceptors (Lipinski definition) is 3. The van der Waals surface area contributed by atoms with Crippen molar-refractivity contribution in [2.24, 2.45) is 7.05 Å². The zero-order valence-corrected chi connectivity index (χ0v) is 26.2. The van der Waals surface area contributed by atoms with E-state index in [1.54, 1.807) is 0 Å². The molecule has 0 spiro atoms. The molecular weight excluding hydrogens is 512 g/mol. The van der Waals surface area contributed by atoms with Crippen molar-refractivity contribution in [1.82, 2.24) is 9.55 Å². The van der Waals surface area contributed by atoms with E-state index >= 15 is 0 Å². The Morgan fingerprint density at radius 2 is 1.48 bits per heavy atom. The molecule has 4 heteroatoms. The van der Waals surface area contributed by atoms with E-state index < -0.39 is 0 Å². The number of hydrogen-bond donors (Lipinski definition) is 2. The summed E-state index contributed by atoms with van der Waals surface area (Å²) >= 11 is 0. The van der Waals surface area contributed by atoms with E-state index in [0.717, 1.165) is 46.8 Å². The summed E-state index contributed by atoms with van der Waals surface area (Å²) in [4.78, 5) is 5.42. The quantitative estimate of drug-likeness (QED) is 0.209. The van der Waals surface area contributed by atoms with Crippen LogP contribution in [-0.4, -0.2) is 9.55 Å². The predicted octanol–water partition coefficient (Wildman–Crippen LogP) is 10.5. The molecular formula is C38H44N4. The largest absolute Gasteiger partial charge is 0.355 e. The number of anilines is 4. The van der Waals surface area contributed by atoms with Crippen LogP contribution in [-0.2, 0) is 19.9 Å². The van der Waals surface area contributed by atoms with Gasteiger partial charge in [-0.05, 0) is 115 Å². The van der Waals surface area contributed by atoms with Gasteiger partial charge in [0.15, 0.2) is 0 Å². The van der Waals surface area contributed by atoms with Crippen LogP contribution >= 0.6 is 0 Å². The third-order valence-electron chi connectivity index (χ3n) is 8.89. The van der Waals surface area contributed by atoms with Crippen LogP contribution in [0, 0.1) is 13.8 Å². The number of imidazole rings is 1. The molecule has 216 valence electrons.